The van der Waals surface area contributed by atoms with Crippen LogP contribution in [0, 0.1) is 0 Å². The highest BCUT2D eigenvalue weighted by atomic mass is 16.3. The molecule has 0 spiro atoms. The zero-order valence-corrected chi connectivity index (χ0v) is 12.6. The van der Waals surface area contributed by atoms with Gasteiger partial charge in [-0.2, -0.15) is 0 Å². The summed E-state index contributed by atoms with van der Waals surface area (Å²) in [7, 11) is 0. The van der Waals surface area contributed by atoms with Gasteiger partial charge in [0.25, 0.3) is 0 Å². The van der Waals surface area contributed by atoms with Crippen LogP contribution in [0.3, 0.4) is 0 Å². The van der Waals surface area contributed by atoms with Gasteiger partial charge in [-0.05, 0) is 24.3 Å². The van der Waals surface area contributed by atoms with Crippen molar-refractivity contribution in [2.45, 2.75) is 0 Å². The fourth-order valence-electron chi connectivity index (χ4n) is 3.76. The Morgan fingerprint density at radius 3 is 2.75 bits per heavy atom. The molecule has 0 saturated carbocycles. The Morgan fingerprint density at radius 2 is 1.75 bits per heavy atom. The highest BCUT2D eigenvalue weighted by molar-refractivity contribution is 6.27. The molecule has 0 aliphatic rings. The first kappa shape index (κ1) is 12.1. The Kier molecular flexibility index (Phi) is 2.07. The smallest absolute Gasteiger partial charge is 0.145 e. The fourth-order valence-corrected chi connectivity index (χ4v) is 3.76. The van der Waals surface area contributed by atoms with Gasteiger partial charge in [0, 0.05) is 51.7 Å². The van der Waals surface area contributed by atoms with Crippen molar-refractivity contribution in [1.82, 2.24) is 14.4 Å². The minimum absolute atomic E-state index is 0.897. The largest absolute Gasteiger partial charge is 0.456 e. The van der Waals surface area contributed by atoms with E-state index in [-0.39, 0.29) is 0 Å². The van der Waals surface area contributed by atoms with E-state index in [1.54, 1.807) is 0 Å². The number of hydrogen-bond donors (Lipinski definition) is 0. The van der Waals surface area contributed by atoms with Crippen LogP contribution in [0.2, 0.25) is 0 Å². The van der Waals surface area contributed by atoms with E-state index < -0.39 is 0 Å². The average molecular weight is 309 g/mol. The lowest BCUT2D eigenvalue weighted by molar-refractivity contribution is 0.669. The number of hydrogen-bond acceptors (Lipinski definition) is 3. The molecule has 0 radical (unpaired) electrons. The SMILES string of the molecule is c1ccc2c(c1)oc1ccc3c(c4cnccc4c4nccn34)c12. The predicted octanol–water partition coefficient (Wildman–Crippen LogP) is 4.94. The quantitative estimate of drug-likeness (QED) is 0.373. The van der Waals surface area contributed by atoms with Gasteiger partial charge < -0.3 is 4.42 Å². The van der Waals surface area contributed by atoms with E-state index in [1.807, 2.05) is 55.1 Å². The summed E-state index contributed by atoms with van der Waals surface area (Å²) in [5.74, 6) is 0. The maximum Gasteiger partial charge on any atom is 0.145 e. The molecule has 24 heavy (non-hydrogen) atoms. The molecule has 0 saturated heterocycles. The second kappa shape index (κ2) is 4.11. The zero-order chi connectivity index (χ0) is 15.7. The van der Waals surface area contributed by atoms with Crippen molar-refractivity contribution in [3.05, 3.63) is 67.3 Å². The number of rotatable bonds is 0. The van der Waals surface area contributed by atoms with Gasteiger partial charge in [0.05, 0.1) is 5.52 Å². The molecule has 112 valence electrons. The summed E-state index contributed by atoms with van der Waals surface area (Å²) >= 11 is 0. The van der Waals surface area contributed by atoms with E-state index in [0.29, 0.717) is 0 Å². The predicted molar refractivity (Wildman–Crippen MR) is 95.3 cm³/mol. The number of fused-ring (bicyclic) bond motifs is 10. The van der Waals surface area contributed by atoms with Gasteiger partial charge in [-0.3, -0.25) is 9.38 Å². The molecule has 2 aromatic carbocycles. The number of para-hydroxylation sites is 1. The van der Waals surface area contributed by atoms with Crippen molar-refractivity contribution in [1.29, 1.82) is 0 Å². The van der Waals surface area contributed by atoms with Gasteiger partial charge in [0.15, 0.2) is 0 Å². The van der Waals surface area contributed by atoms with E-state index in [4.69, 9.17) is 4.42 Å². The number of furan rings is 1. The Labute approximate surface area is 136 Å². The monoisotopic (exact) mass is 309 g/mol. The molecule has 0 unspecified atom stereocenters. The van der Waals surface area contributed by atoms with Crippen LogP contribution in [0.15, 0.2) is 71.7 Å². The van der Waals surface area contributed by atoms with Crippen LogP contribution in [-0.4, -0.2) is 14.4 Å². The van der Waals surface area contributed by atoms with E-state index in [0.717, 1.165) is 49.3 Å². The van der Waals surface area contributed by atoms with Crippen molar-refractivity contribution >= 4 is 49.3 Å². The lowest BCUT2D eigenvalue weighted by Crippen LogP contribution is -1.91. The molecule has 0 atom stereocenters. The van der Waals surface area contributed by atoms with E-state index in [1.165, 1.54) is 0 Å². The molecule has 6 aromatic rings. The molecular formula is C20H11N3O. The number of imidazole rings is 1. The first-order valence-electron chi connectivity index (χ1n) is 7.84. The minimum atomic E-state index is 0.897. The third-order valence-corrected chi connectivity index (χ3v) is 4.75. The second-order valence-electron chi connectivity index (χ2n) is 5.97. The lowest BCUT2D eigenvalue weighted by atomic mass is 10.0. The number of nitrogens with zero attached hydrogens (tertiary/aromatic N) is 3. The molecule has 0 aliphatic carbocycles. The van der Waals surface area contributed by atoms with Crippen LogP contribution >= 0.6 is 0 Å². The van der Waals surface area contributed by atoms with Crippen LogP contribution in [-0.2, 0) is 0 Å². The van der Waals surface area contributed by atoms with Gasteiger partial charge in [-0.15, -0.1) is 0 Å². The molecule has 4 aromatic heterocycles. The van der Waals surface area contributed by atoms with Crippen molar-refractivity contribution in [2.24, 2.45) is 0 Å². The van der Waals surface area contributed by atoms with Crippen LogP contribution in [0.1, 0.15) is 0 Å². The molecular weight excluding hydrogens is 298 g/mol. The van der Waals surface area contributed by atoms with E-state index >= 15 is 0 Å². The molecule has 0 bridgehead atoms. The van der Waals surface area contributed by atoms with E-state index in [9.17, 15) is 0 Å². The molecule has 0 amide bonds. The molecule has 0 N–H and O–H groups in total. The molecule has 4 nitrogen and oxygen atoms in total. The van der Waals surface area contributed by atoms with Crippen LogP contribution in [0.5, 0.6) is 0 Å². The van der Waals surface area contributed by atoms with Gasteiger partial charge in [-0.1, -0.05) is 18.2 Å². The van der Waals surface area contributed by atoms with Crippen molar-refractivity contribution in [3.8, 4) is 0 Å². The number of aromatic nitrogens is 3. The van der Waals surface area contributed by atoms with Crippen molar-refractivity contribution < 1.29 is 4.42 Å². The summed E-state index contributed by atoms with van der Waals surface area (Å²) in [6.45, 7) is 0. The topological polar surface area (TPSA) is 43.3 Å². The third-order valence-electron chi connectivity index (χ3n) is 4.75. The van der Waals surface area contributed by atoms with Crippen LogP contribution < -0.4 is 0 Å². The van der Waals surface area contributed by atoms with Gasteiger partial charge in [0.1, 0.15) is 16.8 Å². The maximum atomic E-state index is 6.06. The third kappa shape index (κ3) is 1.34. The molecule has 0 fully saturated rings. The highest BCUT2D eigenvalue weighted by Gasteiger charge is 2.16. The summed E-state index contributed by atoms with van der Waals surface area (Å²) in [4.78, 5) is 8.90. The van der Waals surface area contributed by atoms with Gasteiger partial charge in [0.2, 0.25) is 0 Å². The molecule has 6 rings (SSSR count). The standard InChI is InChI=1S/C20H11N3O/c1-2-4-16-13(3-1)19-17(24-16)6-5-15-18(19)14-11-21-8-7-12(14)20-22-9-10-23(15)20/h1-11H. The first-order valence-corrected chi connectivity index (χ1v) is 7.84. The normalized spacial score (nSPS) is 12.2. The molecule has 4 heterocycles. The van der Waals surface area contributed by atoms with E-state index in [2.05, 4.69) is 26.5 Å². The molecule has 4 heteroatoms. The van der Waals surface area contributed by atoms with Crippen LogP contribution in [0.25, 0.3) is 49.3 Å². The number of benzene rings is 2. The molecule has 0 aliphatic heterocycles. The Balaban J connectivity index is 2.07. The minimum Gasteiger partial charge on any atom is -0.456 e. The Morgan fingerprint density at radius 1 is 0.792 bits per heavy atom. The Bertz CT molecular complexity index is 1410. The van der Waals surface area contributed by atoms with Gasteiger partial charge >= 0.3 is 0 Å². The summed E-state index contributed by atoms with van der Waals surface area (Å²) in [5, 5.41) is 5.62. The summed E-state index contributed by atoms with van der Waals surface area (Å²) in [6.07, 6.45) is 7.59. The second-order valence-corrected chi connectivity index (χ2v) is 5.97. The first-order chi connectivity index (χ1) is 11.9. The fraction of sp³-hybridized carbons (Fsp3) is 0. The Hall–Kier alpha value is -3.40. The maximum absolute atomic E-state index is 6.06. The van der Waals surface area contributed by atoms with Crippen molar-refractivity contribution in [3.63, 3.8) is 0 Å². The van der Waals surface area contributed by atoms with Crippen molar-refractivity contribution in [2.75, 3.05) is 0 Å². The number of pyridine rings is 2. The summed E-state index contributed by atoms with van der Waals surface area (Å²) < 4.78 is 8.20. The zero-order valence-electron chi connectivity index (χ0n) is 12.6. The highest BCUT2D eigenvalue weighted by Crippen LogP contribution is 2.38. The van der Waals surface area contributed by atoms with Crippen LogP contribution in [0.4, 0.5) is 0 Å². The summed E-state index contributed by atoms with van der Waals surface area (Å²) in [6, 6.07) is 14.3. The van der Waals surface area contributed by atoms with Gasteiger partial charge in [-0.25, -0.2) is 4.98 Å². The summed E-state index contributed by atoms with van der Waals surface area (Å²) in [5.41, 5.74) is 3.87. The average Bonchev–Trinajstić information content (AvgIpc) is 3.26. The lowest BCUT2D eigenvalue weighted by Gasteiger charge is -2.08.